The lowest BCUT2D eigenvalue weighted by Gasteiger charge is -2.37. The minimum absolute atomic E-state index is 0.777. The van der Waals surface area contributed by atoms with Crippen molar-refractivity contribution in [3.8, 4) is 11.5 Å². The molecule has 1 rings (SSSR count). The van der Waals surface area contributed by atoms with Crippen LogP contribution in [0.3, 0.4) is 0 Å². The van der Waals surface area contributed by atoms with Crippen LogP contribution >= 0.6 is 45.2 Å². The summed E-state index contributed by atoms with van der Waals surface area (Å²) in [6.45, 7) is 25.1. The Balaban J connectivity index is 2.33. The van der Waals surface area contributed by atoms with Crippen molar-refractivity contribution >= 4 is 45.2 Å². The third-order valence-corrected chi connectivity index (χ3v) is 15.0. The van der Waals surface area contributed by atoms with Crippen molar-refractivity contribution in [1.82, 2.24) is 0 Å². The van der Waals surface area contributed by atoms with Crippen molar-refractivity contribution in [2.24, 2.45) is 0 Å². The standard InChI is InChI=1S/C50H96I2N2O2/c1-7-13-15-17-19-21-23-25-27-29-31-33-35-37-39-53(9-3,10-4)41-43-55-49-45-48(52)50(46-47(49)51)56-44-42-54(11-5,12-6)40-38-36-34-32-30-28-26-24-22-20-18-16-14-8-2/h45-46H,7-44H2,1-6H3/q+2. The molecule has 0 spiro atoms. The molecule has 0 N–H and O–H groups in total. The van der Waals surface area contributed by atoms with Crippen LogP contribution in [0.4, 0.5) is 0 Å². The molecule has 330 valence electrons. The molecule has 56 heavy (non-hydrogen) atoms. The number of halogens is 2. The second-order valence-electron chi connectivity index (χ2n) is 17.4. The molecule has 0 saturated heterocycles. The molecule has 0 atom stereocenters. The Morgan fingerprint density at radius 1 is 0.339 bits per heavy atom. The smallest absolute Gasteiger partial charge is 0.137 e. The van der Waals surface area contributed by atoms with Crippen molar-refractivity contribution in [2.45, 2.75) is 221 Å². The van der Waals surface area contributed by atoms with Gasteiger partial charge in [0, 0.05) is 0 Å². The quantitative estimate of drug-likeness (QED) is 0.0369. The zero-order valence-electron chi connectivity index (χ0n) is 38.5. The zero-order valence-corrected chi connectivity index (χ0v) is 42.8. The van der Waals surface area contributed by atoms with Gasteiger partial charge in [0.05, 0.1) is 46.4 Å². The average Bonchev–Trinajstić information content (AvgIpc) is 3.21. The first-order valence-electron chi connectivity index (χ1n) is 24.8. The van der Waals surface area contributed by atoms with Crippen LogP contribution in [0.15, 0.2) is 12.1 Å². The predicted molar refractivity (Wildman–Crippen MR) is 266 cm³/mol. The summed E-state index contributed by atoms with van der Waals surface area (Å²) in [7, 11) is 0. The first-order valence-corrected chi connectivity index (χ1v) is 26.9. The van der Waals surface area contributed by atoms with Crippen LogP contribution < -0.4 is 9.47 Å². The molecule has 0 saturated carbocycles. The molecule has 1 aromatic carbocycles. The van der Waals surface area contributed by atoms with Gasteiger partial charge in [-0.1, -0.05) is 168 Å². The van der Waals surface area contributed by atoms with E-state index in [1.807, 2.05) is 0 Å². The van der Waals surface area contributed by atoms with Crippen LogP contribution in [0.5, 0.6) is 11.5 Å². The molecule has 1 aromatic rings. The van der Waals surface area contributed by atoms with Gasteiger partial charge in [-0.05, 0) is 111 Å². The van der Waals surface area contributed by atoms with Crippen LogP contribution in [0, 0.1) is 7.14 Å². The number of hydrogen-bond donors (Lipinski definition) is 0. The predicted octanol–water partition coefficient (Wildman–Crippen LogP) is 16.3. The monoisotopic (exact) mass is 1010 g/mol. The summed E-state index contributed by atoms with van der Waals surface area (Å²) in [5, 5.41) is 0. The summed E-state index contributed by atoms with van der Waals surface area (Å²) in [5.74, 6) is 2.02. The highest BCUT2D eigenvalue weighted by atomic mass is 127. The van der Waals surface area contributed by atoms with Crippen molar-refractivity contribution in [3.05, 3.63) is 19.3 Å². The minimum Gasteiger partial charge on any atom is -0.487 e. The molecule has 0 aromatic heterocycles. The third-order valence-electron chi connectivity index (χ3n) is 13.3. The van der Waals surface area contributed by atoms with E-state index in [9.17, 15) is 0 Å². The second-order valence-corrected chi connectivity index (χ2v) is 19.8. The van der Waals surface area contributed by atoms with Crippen LogP contribution in [0.2, 0.25) is 0 Å². The van der Waals surface area contributed by atoms with Crippen molar-refractivity contribution < 1.29 is 18.4 Å². The number of benzene rings is 1. The van der Waals surface area contributed by atoms with Gasteiger partial charge in [-0.15, -0.1) is 0 Å². The number of hydrogen-bond acceptors (Lipinski definition) is 2. The normalized spacial score (nSPS) is 12.1. The van der Waals surface area contributed by atoms with E-state index in [2.05, 4.69) is 98.9 Å². The fourth-order valence-electron chi connectivity index (χ4n) is 8.65. The number of nitrogens with zero attached hydrogens (tertiary/aromatic N) is 2. The van der Waals surface area contributed by atoms with E-state index in [1.54, 1.807) is 0 Å². The molecule has 0 heterocycles. The maximum absolute atomic E-state index is 6.48. The van der Waals surface area contributed by atoms with E-state index in [-0.39, 0.29) is 0 Å². The van der Waals surface area contributed by atoms with Gasteiger partial charge in [-0.3, -0.25) is 0 Å². The lowest BCUT2D eigenvalue weighted by Crippen LogP contribution is -2.50. The lowest BCUT2D eigenvalue weighted by molar-refractivity contribution is -0.925. The Morgan fingerprint density at radius 3 is 0.804 bits per heavy atom. The molecule has 0 aliphatic heterocycles. The molecule has 0 aliphatic carbocycles. The zero-order chi connectivity index (χ0) is 41.0. The van der Waals surface area contributed by atoms with E-state index >= 15 is 0 Å². The van der Waals surface area contributed by atoms with Crippen LogP contribution in [-0.2, 0) is 0 Å². The first kappa shape index (κ1) is 54.2. The van der Waals surface area contributed by atoms with Gasteiger partial charge in [0.1, 0.15) is 37.8 Å². The van der Waals surface area contributed by atoms with E-state index in [0.29, 0.717) is 0 Å². The summed E-state index contributed by atoms with van der Waals surface area (Å²) in [6, 6.07) is 4.41. The van der Waals surface area contributed by atoms with Gasteiger partial charge in [0.2, 0.25) is 0 Å². The van der Waals surface area contributed by atoms with E-state index in [1.165, 1.54) is 228 Å². The molecule has 4 nitrogen and oxygen atoms in total. The summed E-state index contributed by atoms with van der Waals surface area (Å²) in [4.78, 5) is 0. The minimum atomic E-state index is 0.777. The highest BCUT2D eigenvalue weighted by molar-refractivity contribution is 14.1. The van der Waals surface area contributed by atoms with Crippen molar-refractivity contribution in [3.63, 3.8) is 0 Å². The van der Waals surface area contributed by atoms with Gasteiger partial charge in [0.25, 0.3) is 0 Å². The number of likely N-dealkylation sites (N-methyl/N-ethyl adjacent to an activating group) is 2. The molecule has 6 heteroatoms. The molecule has 0 bridgehead atoms. The third kappa shape index (κ3) is 26.4. The van der Waals surface area contributed by atoms with Gasteiger partial charge in [-0.2, -0.15) is 0 Å². The summed E-state index contributed by atoms with van der Waals surface area (Å²) in [5.41, 5.74) is 0. The molecule has 0 aliphatic rings. The van der Waals surface area contributed by atoms with Gasteiger partial charge in [-0.25, -0.2) is 0 Å². The highest BCUT2D eigenvalue weighted by Gasteiger charge is 2.24. The Morgan fingerprint density at radius 2 is 0.571 bits per heavy atom. The Labute approximate surface area is 378 Å². The molecular weight excluding hydrogens is 914 g/mol. The molecular formula is C50H96I2N2O2+2. The summed E-state index contributed by atoms with van der Waals surface area (Å²) >= 11 is 4.89. The van der Waals surface area contributed by atoms with Crippen LogP contribution in [0.25, 0.3) is 0 Å². The SMILES string of the molecule is CCCCCCCCCCCCCCCC[N+](CC)(CC)CCOc1cc(I)c(OCC[N+](CC)(CC)CCCCCCCCCCCCCCCC)cc1I. The van der Waals surface area contributed by atoms with E-state index in [0.717, 1.165) is 44.9 Å². The fraction of sp³-hybridized carbons (Fsp3) is 0.880. The lowest BCUT2D eigenvalue weighted by atomic mass is 10.0. The van der Waals surface area contributed by atoms with Crippen LogP contribution in [0.1, 0.15) is 221 Å². The van der Waals surface area contributed by atoms with Gasteiger partial charge < -0.3 is 18.4 Å². The number of unbranched alkanes of at least 4 members (excludes halogenated alkanes) is 26. The van der Waals surface area contributed by atoms with Crippen LogP contribution in [-0.4, -0.2) is 74.5 Å². The first-order chi connectivity index (χ1) is 27.3. The molecule has 0 radical (unpaired) electrons. The number of rotatable bonds is 42. The average molecular weight is 1010 g/mol. The summed E-state index contributed by atoms with van der Waals surface area (Å²) < 4.78 is 17.6. The molecule has 0 amide bonds. The Bertz CT molecular complexity index is 933. The van der Waals surface area contributed by atoms with Crippen molar-refractivity contribution in [1.29, 1.82) is 0 Å². The maximum Gasteiger partial charge on any atom is 0.137 e. The maximum atomic E-state index is 6.48. The fourth-order valence-corrected chi connectivity index (χ4v) is 9.84. The van der Waals surface area contributed by atoms with Gasteiger partial charge in [0.15, 0.2) is 0 Å². The van der Waals surface area contributed by atoms with E-state index in [4.69, 9.17) is 9.47 Å². The largest absolute Gasteiger partial charge is 0.487 e. The molecule has 0 fully saturated rings. The number of ether oxygens (including phenoxy) is 2. The molecule has 0 unspecified atom stereocenters. The Kier molecular flexibility index (Phi) is 35.8. The topological polar surface area (TPSA) is 18.5 Å². The highest BCUT2D eigenvalue weighted by Crippen LogP contribution is 2.32. The van der Waals surface area contributed by atoms with Crippen molar-refractivity contribution in [2.75, 3.05) is 65.6 Å². The number of quaternary nitrogens is 2. The van der Waals surface area contributed by atoms with Gasteiger partial charge >= 0.3 is 0 Å². The second kappa shape index (κ2) is 37.0. The van der Waals surface area contributed by atoms with E-state index < -0.39 is 0 Å². The Hall–Kier alpha value is 0.200. The summed E-state index contributed by atoms with van der Waals surface area (Å²) in [6.07, 6.45) is 39.8.